The first-order chi connectivity index (χ1) is 6.38. The number of carboxylic acid groups (broad SMARTS) is 1. The number of alkyl halides is 3. The highest BCUT2D eigenvalue weighted by Gasteiger charge is 2.71. The first kappa shape index (κ1) is 9.76. The van der Waals surface area contributed by atoms with Crippen molar-refractivity contribution in [1.29, 1.82) is 0 Å². The Morgan fingerprint density at radius 1 is 1.43 bits per heavy atom. The van der Waals surface area contributed by atoms with Gasteiger partial charge < -0.3 is 9.84 Å². The molecule has 2 aliphatic rings. The van der Waals surface area contributed by atoms with Gasteiger partial charge in [-0.05, 0) is 12.8 Å². The summed E-state index contributed by atoms with van der Waals surface area (Å²) in [5.41, 5.74) is -2.66. The van der Waals surface area contributed by atoms with E-state index in [0.717, 1.165) is 0 Å². The van der Waals surface area contributed by atoms with Gasteiger partial charge in [0.05, 0.1) is 12.2 Å². The largest absolute Gasteiger partial charge is 0.481 e. The minimum atomic E-state index is -4.72. The van der Waals surface area contributed by atoms with Crippen LogP contribution in [0.3, 0.4) is 0 Å². The van der Waals surface area contributed by atoms with Gasteiger partial charge in [-0.2, -0.15) is 13.2 Å². The zero-order valence-electron chi connectivity index (χ0n) is 7.17. The van der Waals surface area contributed by atoms with Gasteiger partial charge >= 0.3 is 12.1 Å². The Morgan fingerprint density at radius 2 is 2.07 bits per heavy atom. The highest BCUT2D eigenvalue weighted by Crippen LogP contribution is 2.56. The van der Waals surface area contributed by atoms with Gasteiger partial charge in [0.2, 0.25) is 0 Å². The van der Waals surface area contributed by atoms with Crippen molar-refractivity contribution in [2.45, 2.75) is 37.6 Å². The van der Waals surface area contributed by atoms with E-state index in [1.165, 1.54) is 0 Å². The van der Waals surface area contributed by atoms with Crippen LogP contribution in [0.2, 0.25) is 0 Å². The summed E-state index contributed by atoms with van der Waals surface area (Å²) in [4.78, 5) is 10.8. The number of hydrogen-bond acceptors (Lipinski definition) is 2. The van der Waals surface area contributed by atoms with Crippen molar-refractivity contribution in [3.8, 4) is 0 Å². The maximum absolute atomic E-state index is 12.7. The molecule has 0 aromatic rings. The predicted molar refractivity (Wildman–Crippen MR) is 38.6 cm³/mol. The molecule has 80 valence electrons. The van der Waals surface area contributed by atoms with Crippen LogP contribution >= 0.6 is 0 Å². The molecule has 2 saturated heterocycles. The Labute approximate surface area is 77.8 Å². The van der Waals surface area contributed by atoms with Crippen molar-refractivity contribution >= 4 is 5.97 Å². The first-order valence-electron chi connectivity index (χ1n) is 4.33. The summed E-state index contributed by atoms with van der Waals surface area (Å²) < 4.78 is 43.0. The molecular weight excluding hydrogens is 201 g/mol. The van der Waals surface area contributed by atoms with E-state index in [4.69, 9.17) is 9.84 Å². The summed E-state index contributed by atoms with van der Waals surface area (Å²) in [5.74, 6) is -1.81. The molecule has 3 unspecified atom stereocenters. The van der Waals surface area contributed by atoms with Crippen molar-refractivity contribution in [1.82, 2.24) is 0 Å². The third-order valence-electron chi connectivity index (χ3n) is 3.09. The summed E-state index contributed by atoms with van der Waals surface area (Å²) in [6.07, 6.45) is -6.15. The molecule has 0 radical (unpaired) electrons. The second-order valence-corrected chi connectivity index (χ2v) is 3.80. The molecule has 2 fully saturated rings. The van der Waals surface area contributed by atoms with Gasteiger partial charge in [0, 0.05) is 6.42 Å². The van der Waals surface area contributed by atoms with Crippen LogP contribution in [0, 0.1) is 5.41 Å². The fourth-order valence-corrected chi connectivity index (χ4v) is 2.35. The van der Waals surface area contributed by atoms with Crippen LogP contribution in [0.15, 0.2) is 0 Å². The third kappa shape index (κ3) is 1.00. The molecule has 0 aliphatic carbocycles. The maximum Gasteiger partial charge on any atom is 0.407 e. The van der Waals surface area contributed by atoms with Gasteiger partial charge in [0.25, 0.3) is 0 Å². The van der Waals surface area contributed by atoms with Gasteiger partial charge in [-0.1, -0.05) is 0 Å². The molecule has 3 atom stereocenters. The van der Waals surface area contributed by atoms with E-state index >= 15 is 0 Å². The number of carboxylic acids is 1. The molecule has 0 spiro atoms. The first-order valence-corrected chi connectivity index (χ1v) is 4.33. The lowest BCUT2D eigenvalue weighted by molar-refractivity contribution is -0.242. The van der Waals surface area contributed by atoms with Crippen molar-refractivity contribution in [2.24, 2.45) is 5.41 Å². The average molecular weight is 210 g/mol. The topological polar surface area (TPSA) is 46.5 Å². The SMILES string of the molecule is O=C(O)C1(C(F)(F)F)CC2CCC1O2. The maximum atomic E-state index is 12.7. The molecule has 2 bridgehead atoms. The van der Waals surface area contributed by atoms with Crippen LogP contribution in [0.25, 0.3) is 0 Å². The molecule has 0 amide bonds. The van der Waals surface area contributed by atoms with Crippen molar-refractivity contribution in [2.75, 3.05) is 0 Å². The van der Waals surface area contributed by atoms with Crippen molar-refractivity contribution in [3.63, 3.8) is 0 Å². The highest BCUT2D eigenvalue weighted by molar-refractivity contribution is 5.77. The molecule has 0 aromatic heterocycles. The minimum Gasteiger partial charge on any atom is -0.481 e. The van der Waals surface area contributed by atoms with E-state index < -0.39 is 36.2 Å². The fourth-order valence-electron chi connectivity index (χ4n) is 2.35. The number of rotatable bonds is 1. The number of hydrogen-bond donors (Lipinski definition) is 1. The van der Waals surface area contributed by atoms with Crippen LogP contribution in [-0.2, 0) is 9.53 Å². The molecule has 6 heteroatoms. The number of carbonyl (C=O) groups is 1. The lowest BCUT2D eigenvalue weighted by atomic mass is 9.73. The van der Waals surface area contributed by atoms with Crippen molar-refractivity contribution < 1.29 is 27.8 Å². The summed E-state index contributed by atoms with van der Waals surface area (Å²) in [6.45, 7) is 0. The van der Waals surface area contributed by atoms with Gasteiger partial charge in [0.1, 0.15) is 0 Å². The molecular formula is C8H9F3O3. The standard InChI is InChI=1S/C8H9F3O3/c9-8(10,11)7(6(12)13)3-4-1-2-5(7)14-4/h4-5H,1-3H2,(H,12,13). The van der Waals surface area contributed by atoms with Crippen LogP contribution in [0.1, 0.15) is 19.3 Å². The lowest BCUT2D eigenvalue weighted by Gasteiger charge is -2.32. The van der Waals surface area contributed by atoms with Crippen LogP contribution in [0.5, 0.6) is 0 Å². The molecule has 0 saturated carbocycles. The smallest absolute Gasteiger partial charge is 0.407 e. The summed E-state index contributed by atoms with van der Waals surface area (Å²) in [6, 6.07) is 0. The van der Waals surface area contributed by atoms with E-state index in [1.807, 2.05) is 0 Å². The zero-order valence-corrected chi connectivity index (χ0v) is 7.17. The Morgan fingerprint density at radius 3 is 2.29 bits per heavy atom. The predicted octanol–water partition coefficient (Wildman–Crippen LogP) is 1.57. The third-order valence-corrected chi connectivity index (χ3v) is 3.09. The second-order valence-electron chi connectivity index (χ2n) is 3.80. The Balaban J connectivity index is 2.39. The monoisotopic (exact) mass is 210 g/mol. The van der Waals surface area contributed by atoms with E-state index in [-0.39, 0.29) is 6.42 Å². The average Bonchev–Trinajstić information content (AvgIpc) is 2.59. The zero-order chi connectivity index (χ0) is 10.6. The van der Waals surface area contributed by atoms with Crippen LogP contribution < -0.4 is 0 Å². The molecule has 3 nitrogen and oxygen atoms in total. The number of ether oxygens (including phenoxy) is 1. The molecule has 2 aliphatic heterocycles. The molecule has 2 rings (SSSR count). The van der Waals surface area contributed by atoms with Gasteiger partial charge in [-0.15, -0.1) is 0 Å². The Bertz CT molecular complexity index is 275. The molecule has 0 aromatic carbocycles. The van der Waals surface area contributed by atoms with E-state index in [1.54, 1.807) is 0 Å². The van der Waals surface area contributed by atoms with Gasteiger partial charge in [-0.3, -0.25) is 4.79 Å². The lowest BCUT2D eigenvalue weighted by Crippen LogP contribution is -2.51. The quantitative estimate of drug-likeness (QED) is 0.714. The second kappa shape index (κ2) is 2.62. The van der Waals surface area contributed by atoms with Crippen molar-refractivity contribution in [3.05, 3.63) is 0 Å². The number of aliphatic carboxylic acids is 1. The number of fused-ring (bicyclic) bond motifs is 2. The fraction of sp³-hybridized carbons (Fsp3) is 0.875. The molecule has 1 N–H and O–H groups in total. The van der Waals surface area contributed by atoms with Gasteiger partial charge in [-0.25, -0.2) is 0 Å². The summed E-state index contributed by atoms with van der Waals surface area (Å²) >= 11 is 0. The number of halogens is 3. The minimum absolute atomic E-state index is 0.191. The normalized spacial score (nSPS) is 41.6. The van der Waals surface area contributed by atoms with Crippen LogP contribution in [-0.4, -0.2) is 29.5 Å². The summed E-state index contributed by atoms with van der Waals surface area (Å²) in [5, 5.41) is 8.72. The Hall–Kier alpha value is -0.780. The van der Waals surface area contributed by atoms with E-state index in [9.17, 15) is 18.0 Å². The van der Waals surface area contributed by atoms with E-state index in [2.05, 4.69) is 0 Å². The highest BCUT2D eigenvalue weighted by atomic mass is 19.4. The molecule has 2 heterocycles. The molecule has 14 heavy (non-hydrogen) atoms. The van der Waals surface area contributed by atoms with Crippen LogP contribution in [0.4, 0.5) is 13.2 Å². The Kier molecular flexibility index (Phi) is 1.83. The van der Waals surface area contributed by atoms with E-state index in [0.29, 0.717) is 6.42 Å². The van der Waals surface area contributed by atoms with Gasteiger partial charge in [0.15, 0.2) is 5.41 Å². The summed E-state index contributed by atoms with van der Waals surface area (Å²) in [7, 11) is 0.